The van der Waals surface area contributed by atoms with Gasteiger partial charge in [0.05, 0.1) is 0 Å². The van der Waals surface area contributed by atoms with Crippen LogP contribution >= 0.6 is 22.7 Å². The lowest BCUT2D eigenvalue weighted by atomic mass is 9.95. The zero-order valence-corrected chi connectivity index (χ0v) is 21.5. The summed E-state index contributed by atoms with van der Waals surface area (Å²) in [6, 6.07) is 27.9. The van der Waals surface area contributed by atoms with Crippen molar-refractivity contribution in [3.05, 3.63) is 136 Å². The summed E-state index contributed by atoms with van der Waals surface area (Å²) in [4.78, 5) is 5.31. The van der Waals surface area contributed by atoms with Gasteiger partial charge in [-0.1, -0.05) is 103 Å². The molecule has 172 valence electrons. The summed E-state index contributed by atoms with van der Waals surface area (Å²) in [6.45, 7) is 6.34. The Hall–Kier alpha value is -3.46. The third-order valence-corrected chi connectivity index (χ3v) is 8.67. The Morgan fingerprint density at radius 2 is 1.51 bits per heavy atom. The minimum absolute atomic E-state index is 0.954. The number of hydrogen-bond acceptors (Lipinski definition) is 2. The van der Waals surface area contributed by atoms with Gasteiger partial charge in [-0.2, -0.15) is 0 Å². The highest BCUT2D eigenvalue weighted by Gasteiger charge is 2.12. The van der Waals surface area contributed by atoms with Crippen LogP contribution < -0.4 is 10.4 Å². The SMILES string of the molecule is C=c1cccc/c1=C/C=C\C/C(C)=C1\C=C(c2ccc(-c3ccc(-c4ccccc4)s3)s2)C=CC1. The van der Waals surface area contributed by atoms with Crippen molar-refractivity contribution < 1.29 is 0 Å². The van der Waals surface area contributed by atoms with E-state index in [-0.39, 0.29) is 0 Å². The van der Waals surface area contributed by atoms with E-state index in [1.54, 1.807) is 0 Å². The van der Waals surface area contributed by atoms with Crippen LogP contribution in [0.15, 0.2) is 120 Å². The molecular formula is C33H28S2. The highest BCUT2D eigenvalue weighted by atomic mass is 32.1. The summed E-state index contributed by atoms with van der Waals surface area (Å²) in [7, 11) is 0. The maximum atomic E-state index is 4.09. The van der Waals surface area contributed by atoms with Gasteiger partial charge in [0.2, 0.25) is 0 Å². The molecule has 1 aliphatic rings. The maximum absolute atomic E-state index is 4.09. The lowest BCUT2D eigenvalue weighted by molar-refractivity contribution is 1.11. The fraction of sp³-hybridized carbons (Fsp3) is 0.0909. The van der Waals surface area contributed by atoms with Crippen LogP contribution in [0.3, 0.4) is 0 Å². The lowest BCUT2D eigenvalue weighted by Crippen LogP contribution is -2.21. The molecule has 0 N–H and O–H groups in total. The van der Waals surface area contributed by atoms with Gasteiger partial charge in [-0.25, -0.2) is 0 Å². The molecule has 2 heterocycles. The Kier molecular flexibility index (Phi) is 7.23. The molecule has 0 amide bonds. The smallest absolute Gasteiger partial charge is 0.0449 e. The zero-order chi connectivity index (χ0) is 24.0. The summed E-state index contributed by atoms with van der Waals surface area (Å²) in [5, 5.41) is 2.23. The number of allylic oxidation sites excluding steroid dienone is 8. The van der Waals surface area contributed by atoms with Crippen molar-refractivity contribution in [3.63, 3.8) is 0 Å². The van der Waals surface area contributed by atoms with E-state index in [4.69, 9.17) is 0 Å². The first-order valence-corrected chi connectivity index (χ1v) is 13.5. The van der Waals surface area contributed by atoms with Crippen LogP contribution in [0.25, 0.3) is 38.4 Å². The van der Waals surface area contributed by atoms with Crippen molar-refractivity contribution >= 4 is 40.9 Å². The van der Waals surface area contributed by atoms with Crippen molar-refractivity contribution in [2.45, 2.75) is 19.8 Å². The molecule has 0 atom stereocenters. The minimum Gasteiger partial charge on any atom is -0.134 e. The largest absolute Gasteiger partial charge is 0.134 e. The highest BCUT2D eigenvalue weighted by Crippen LogP contribution is 2.40. The second-order valence-corrected chi connectivity index (χ2v) is 10.9. The first-order chi connectivity index (χ1) is 17.2. The van der Waals surface area contributed by atoms with Gasteiger partial charge in [-0.05, 0) is 71.2 Å². The summed E-state index contributed by atoms with van der Waals surface area (Å²) < 4.78 is 0. The van der Waals surface area contributed by atoms with Crippen molar-refractivity contribution in [1.29, 1.82) is 0 Å². The van der Waals surface area contributed by atoms with Gasteiger partial charge in [0.25, 0.3) is 0 Å². The van der Waals surface area contributed by atoms with Crippen LogP contribution in [0.2, 0.25) is 0 Å². The van der Waals surface area contributed by atoms with E-state index in [9.17, 15) is 0 Å². The molecule has 0 saturated carbocycles. The van der Waals surface area contributed by atoms with Crippen LogP contribution in [0, 0.1) is 0 Å². The van der Waals surface area contributed by atoms with Gasteiger partial charge in [0.1, 0.15) is 0 Å². The summed E-state index contributed by atoms with van der Waals surface area (Å²) in [5.41, 5.74) is 5.43. The van der Waals surface area contributed by atoms with E-state index in [2.05, 4.69) is 117 Å². The Balaban J connectivity index is 1.31. The molecule has 1 aliphatic carbocycles. The van der Waals surface area contributed by atoms with Gasteiger partial charge < -0.3 is 0 Å². The maximum Gasteiger partial charge on any atom is 0.0449 e. The average molecular weight is 489 g/mol. The molecule has 2 aromatic heterocycles. The molecule has 0 nitrogen and oxygen atoms in total. The highest BCUT2D eigenvalue weighted by molar-refractivity contribution is 7.24. The first kappa shape index (κ1) is 23.3. The van der Waals surface area contributed by atoms with E-state index in [1.165, 1.54) is 47.0 Å². The summed E-state index contributed by atoms with van der Waals surface area (Å²) in [6.07, 6.45) is 15.4. The molecule has 0 aliphatic heterocycles. The van der Waals surface area contributed by atoms with Crippen LogP contribution in [0.5, 0.6) is 0 Å². The average Bonchev–Trinajstić information content (AvgIpc) is 3.58. The predicted molar refractivity (Wildman–Crippen MR) is 157 cm³/mol. The van der Waals surface area contributed by atoms with Crippen LogP contribution in [-0.2, 0) is 0 Å². The summed E-state index contributed by atoms with van der Waals surface area (Å²) >= 11 is 3.74. The Labute approximate surface area is 215 Å². The number of benzene rings is 2. The molecule has 0 fully saturated rings. The molecule has 4 aromatic rings. The first-order valence-electron chi connectivity index (χ1n) is 11.9. The lowest BCUT2D eigenvalue weighted by Gasteiger charge is -2.11. The van der Waals surface area contributed by atoms with Gasteiger partial charge in [-0.15, -0.1) is 22.7 Å². The van der Waals surface area contributed by atoms with Crippen molar-refractivity contribution in [2.75, 3.05) is 0 Å². The third-order valence-electron chi connectivity index (χ3n) is 6.20. The van der Waals surface area contributed by atoms with Gasteiger partial charge in [-0.3, -0.25) is 0 Å². The number of hydrogen-bond donors (Lipinski definition) is 0. The van der Waals surface area contributed by atoms with E-state index in [0.717, 1.165) is 18.1 Å². The molecule has 35 heavy (non-hydrogen) atoms. The van der Waals surface area contributed by atoms with Crippen molar-refractivity contribution in [1.82, 2.24) is 0 Å². The zero-order valence-electron chi connectivity index (χ0n) is 19.9. The van der Waals surface area contributed by atoms with Crippen molar-refractivity contribution in [3.8, 4) is 20.2 Å². The fourth-order valence-electron chi connectivity index (χ4n) is 4.16. The molecule has 0 saturated heterocycles. The quantitative estimate of drug-likeness (QED) is 0.255. The van der Waals surface area contributed by atoms with Gasteiger partial charge in [0, 0.05) is 19.5 Å². The van der Waals surface area contributed by atoms with Gasteiger partial charge >= 0.3 is 0 Å². The van der Waals surface area contributed by atoms with Crippen LogP contribution in [-0.4, -0.2) is 0 Å². The van der Waals surface area contributed by atoms with Crippen LogP contribution in [0.4, 0.5) is 0 Å². The molecule has 0 radical (unpaired) electrons. The molecule has 5 rings (SSSR count). The monoisotopic (exact) mass is 488 g/mol. The second kappa shape index (κ2) is 10.9. The molecule has 0 unspecified atom stereocenters. The third kappa shape index (κ3) is 5.62. The second-order valence-electron chi connectivity index (χ2n) is 8.70. The van der Waals surface area contributed by atoms with E-state index >= 15 is 0 Å². The summed E-state index contributed by atoms with van der Waals surface area (Å²) in [5.74, 6) is 0. The fourth-order valence-corrected chi connectivity index (χ4v) is 6.26. The normalized spacial score (nSPS) is 15.6. The Morgan fingerprint density at radius 1 is 0.829 bits per heavy atom. The molecular weight excluding hydrogens is 460 g/mol. The van der Waals surface area contributed by atoms with Crippen molar-refractivity contribution in [2.24, 2.45) is 0 Å². The Bertz CT molecular complexity index is 1550. The predicted octanol–water partition coefficient (Wildman–Crippen LogP) is 8.64. The molecule has 2 aromatic carbocycles. The van der Waals surface area contributed by atoms with E-state index in [0.29, 0.717) is 0 Å². The van der Waals surface area contributed by atoms with Gasteiger partial charge in [0.15, 0.2) is 0 Å². The van der Waals surface area contributed by atoms with Crippen LogP contribution in [0.1, 0.15) is 24.6 Å². The topological polar surface area (TPSA) is 0 Å². The van der Waals surface area contributed by atoms with E-state index < -0.39 is 0 Å². The number of thiophene rings is 2. The standard InChI is InChI=1S/C33H28S2/c1-24-11-6-8-13-26(24)14-9-7-12-25(2)28-17-10-18-29(23-28)31-20-22-33(35-31)32-21-19-30(34-32)27-15-4-3-5-16-27/h3-11,13-16,18-23H,1,12,17H2,2H3/b9-7-,26-14-,28-25-. The molecule has 0 bridgehead atoms. The van der Waals surface area contributed by atoms with E-state index in [1.807, 2.05) is 34.8 Å². The minimum atomic E-state index is 0.954. The number of rotatable bonds is 6. The Morgan fingerprint density at radius 3 is 2.31 bits per heavy atom. The molecule has 0 spiro atoms. The molecule has 2 heteroatoms.